The molecule has 0 saturated carbocycles. The molecule has 32 heavy (non-hydrogen) atoms. The summed E-state index contributed by atoms with van der Waals surface area (Å²) in [4.78, 5) is 8.07. The fourth-order valence-corrected chi connectivity index (χ4v) is 5.62. The van der Waals surface area contributed by atoms with Crippen molar-refractivity contribution in [3.63, 3.8) is 0 Å². The monoisotopic (exact) mass is 489 g/mol. The minimum absolute atomic E-state index is 0.0510. The van der Waals surface area contributed by atoms with Crippen molar-refractivity contribution in [2.75, 3.05) is 6.26 Å². The van der Waals surface area contributed by atoms with Crippen LogP contribution in [0.3, 0.4) is 0 Å². The molecule has 0 aliphatic rings. The van der Waals surface area contributed by atoms with E-state index in [1.54, 1.807) is 42.5 Å². The highest BCUT2D eigenvalue weighted by Crippen LogP contribution is 2.29. The fraction of sp³-hybridized carbons (Fsp3) is 0.136. The number of aryl methyl sites for hydroxylation is 2. The average Bonchev–Trinajstić information content (AvgIpc) is 3.13. The highest BCUT2D eigenvalue weighted by Gasteiger charge is 2.17. The van der Waals surface area contributed by atoms with Gasteiger partial charge in [0.1, 0.15) is 5.82 Å². The van der Waals surface area contributed by atoms with E-state index in [1.165, 1.54) is 12.1 Å². The number of sulfone groups is 1. The number of aromatic nitrogens is 2. The van der Waals surface area contributed by atoms with Gasteiger partial charge in [-0.3, -0.25) is 0 Å². The van der Waals surface area contributed by atoms with E-state index < -0.39 is 19.9 Å². The summed E-state index contributed by atoms with van der Waals surface area (Å²) in [6.07, 6.45) is 2.10. The van der Waals surface area contributed by atoms with Gasteiger partial charge in [-0.25, -0.2) is 27.0 Å². The van der Waals surface area contributed by atoms with E-state index in [1.807, 2.05) is 6.07 Å². The molecular formula is C22H20ClN3O4S2. The second-order valence-electron chi connectivity index (χ2n) is 7.48. The number of aromatic amines is 1. The van der Waals surface area contributed by atoms with Crippen molar-refractivity contribution in [2.24, 2.45) is 5.14 Å². The first-order chi connectivity index (χ1) is 15.0. The number of imidazole rings is 1. The Morgan fingerprint density at radius 1 is 0.938 bits per heavy atom. The molecule has 4 rings (SSSR count). The lowest BCUT2D eigenvalue weighted by Gasteiger charge is -2.08. The minimum Gasteiger partial charge on any atom is -0.342 e. The van der Waals surface area contributed by atoms with Gasteiger partial charge in [0.25, 0.3) is 0 Å². The number of benzene rings is 3. The van der Waals surface area contributed by atoms with E-state index in [4.69, 9.17) is 16.7 Å². The van der Waals surface area contributed by atoms with Crippen molar-refractivity contribution < 1.29 is 16.8 Å². The third kappa shape index (κ3) is 4.71. The summed E-state index contributed by atoms with van der Waals surface area (Å²) < 4.78 is 48.1. The van der Waals surface area contributed by atoms with Crippen LogP contribution in [0.1, 0.15) is 11.4 Å². The van der Waals surface area contributed by atoms with Crippen LogP contribution in [-0.4, -0.2) is 33.1 Å². The molecule has 3 N–H and O–H groups in total. The molecule has 1 heterocycles. The number of fused-ring (bicyclic) bond motifs is 1. The standard InChI is InChI=1S/C22H20ClN3O4S2/c1-31(27,28)21-13-16(23)9-6-14(21)8-11-22-25-18-10-7-15(12-19(18)26-22)17-4-2-3-5-20(17)32(24,29)30/h2-7,9-10,12-13H,8,11H2,1H3,(H,25,26)(H2,24,29,30). The Hall–Kier alpha value is -2.72. The number of nitrogens with one attached hydrogen (secondary N) is 1. The van der Waals surface area contributed by atoms with Gasteiger partial charge in [0.05, 0.1) is 20.8 Å². The van der Waals surface area contributed by atoms with Gasteiger partial charge in [0.2, 0.25) is 10.0 Å². The summed E-state index contributed by atoms with van der Waals surface area (Å²) in [5, 5.41) is 5.73. The number of rotatable bonds is 6. The maximum absolute atomic E-state index is 12.1. The van der Waals surface area contributed by atoms with Crippen molar-refractivity contribution in [1.82, 2.24) is 9.97 Å². The van der Waals surface area contributed by atoms with E-state index in [9.17, 15) is 16.8 Å². The van der Waals surface area contributed by atoms with E-state index in [2.05, 4.69) is 9.97 Å². The van der Waals surface area contributed by atoms with E-state index in [0.717, 1.165) is 17.3 Å². The van der Waals surface area contributed by atoms with Crippen LogP contribution < -0.4 is 5.14 Å². The van der Waals surface area contributed by atoms with Crippen LogP contribution in [0, 0.1) is 0 Å². The van der Waals surface area contributed by atoms with Crippen LogP contribution in [0.25, 0.3) is 22.2 Å². The second kappa shape index (κ2) is 8.32. The molecule has 10 heteroatoms. The van der Waals surface area contributed by atoms with Crippen molar-refractivity contribution in [3.05, 3.63) is 77.1 Å². The SMILES string of the molecule is CS(=O)(=O)c1cc(Cl)ccc1CCc1nc2ccc(-c3ccccc3S(N)(=O)=O)cc2[nH]1. The van der Waals surface area contributed by atoms with Gasteiger partial charge < -0.3 is 4.98 Å². The maximum Gasteiger partial charge on any atom is 0.238 e. The molecule has 7 nitrogen and oxygen atoms in total. The zero-order valence-electron chi connectivity index (χ0n) is 17.0. The van der Waals surface area contributed by atoms with Crippen molar-refractivity contribution in [3.8, 4) is 11.1 Å². The largest absolute Gasteiger partial charge is 0.342 e. The Labute approximate surface area is 191 Å². The van der Waals surface area contributed by atoms with Crippen LogP contribution in [0.2, 0.25) is 5.02 Å². The van der Waals surface area contributed by atoms with Crippen molar-refractivity contribution >= 4 is 42.5 Å². The molecular weight excluding hydrogens is 470 g/mol. The van der Waals surface area contributed by atoms with E-state index >= 15 is 0 Å². The van der Waals surface area contributed by atoms with Gasteiger partial charge in [0, 0.05) is 23.3 Å². The first kappa shape index (κ1) is 22.5. The normalized spacial score (nSPS) is 12.3. The number of primary sulfonamides is 1. The molecule has 166 valence electrons. The molecule has 3 aromatic carbocycles. The van der Waals surface area contributed by atoms with Gasteiger partial charge in [-0.15, -0.1) is 0 Å². The zero-order chi connectivity index (χ0) is 23.1. The quantitative estimate of drug-likeness (QED) is 0.427. The molecule has 0 saturated heterocycles. The topological polar surface area (TPSA) is 123 Å². The highest BCUT2D eigenvalue weighted by atomic mass is 35.5. The number of hydrogen-bond donors (Lipinski definition) is 2. The molecule has 0 aliphatic carbocycles. The smallest absolute Gasteiger partial charge is 0.238 e. The molecule has 0 fully saturated rings. The van der Waals surface area contributed by atoms with E-state index in [0.29, 0.717) is 40.4 Å². The van der Waals surface area contributed by atoms with Gasteiger partial charge in [-0.05, 0) is 47.9 Å². The predicted molar refractivity (Wildman–Crippen MR) is 125 cm³/mol. The minimum atomic E-state index is -3.87. The lowest BCUT2D eigenvalue weighted by atomic mass is 10.1. The molecule has 4 aromatic rings. The molecule has 1 aromatic heterocycles. The average molecular weight is 490 g/mol. The third-order valence-corrected chi connectivity index (χ3v) is 7.48. The Balaban J connectivity index is 1.65. The van der Waals surface area contributed by atoms with Gasteiger partial charge >= 0.3 is 0 Å². The fourth-order valence-electron chi connectivity index (χ4n) is 3.63. The number of nitrogens with zero attached hydrogens (tertiary/aromatic N) is 1. The molecule has 0 amide bonds. The molecule has 0 unspecified atom stereocenters. The molecule has 0 bridgehead atoms. The van der Waals surface area contributed by atoms with Crippen LogP contribution in [0.4, 0.5) is 0 Å². The van der Waals surface area contributed by atoms with Gasteiger partial charge in [0.15, 0.2) is 9.84 Å². The number of nitrogens with two attached hydrogens (primary N) is 1. The summed E-state index contributed by atoms with van der Waals surface area (Å²) in [5.41, 5.74) is 3.32. The van der Waals surface area contributed by atoms with Crippen molar-refractivity contribution in [1.29, 1.82) is 0 Å². The van der Waals surface area contributed by atoms with Crippen molar-refractivity contribution in [2.45, 2.75) is 22.6 Å². The Morgan fingerprint density at radius 3 is 2.41 bits per heavy atom. The molecule has 0 aliphatic heterocycles. The lowest BCUT2D eigenvalue weighted by molar-refractivity contribution is 0.597. The third-order valence-electron chi connectivity index (χ3n) is 5.10. The van der Waals surface area contributed by atoms with Crippen LogP contribution >= 0.6 is 11.6 Å². The lowest BCUT2D eigenvalue weighted by Crippen LogP contribution is -2.13. The number of H-pyrrole nitrogens is 1. The van der Waals surface area contributed by atoms with Crippen LogP contribution in [-0.2, 0) is 32.7 Å². The summed E-state index contributed by atoms with van der Waals surface area (Å²) in [6, 6.07) is 16.8. The summed E-state index contributed by atoms with van der Waals surface area (Å²) in [5.74, 6) is 0.686. The first-order valence-corrected chi connectivity index (χ1v) is 13.4. The number of hydrogen-bond acceptors (Lipinski definition) is 5. The van der Waals surface area contributed by atoms with Gasteiger partial charge in [-0.2, -0.15) is 0 Å². The molecule has 0 atom stereocenters. The Kier molecular flexibility index (Phi) is 5.85. The van der Waals surface area contributed by atoms with E-state index in [-0.39, 0.29) is 9.79 Å². The molecule has 0 spiro atoms. The summed E-state index contributed by atoms with van der Waals surface area (Å²) >= 11 is 5.97. The molecule has 0 radical (unpaired) electrons. The number of halogens is 1. The predicted octanol–water partition coefficient (Wildman–Crippen LogP) is 3.72. The second-order valence-corrected chi connectivity index (χ2v) is 11.4. The summed E-state index contributed by atoms with van der Waals surface area (Å²) in [6.45, 7) is 0. The van der Waals surface area contributed by atoms with Gasteiger partial charge in [-0.1, -0.05) is 41.9 Å². The zero-order valence-corrected chi connectivity index (χ0v) is 19.4. The first-order valence-electron chi connectivity index (χ1n) is 9.62. The highest BCUT2D eigenvalue weighted by molar-refractivity contribution is 7.90. The number of sulfonamides is 1. The Morgan fingerprint density at radius 2 is 1.69 bits per heavy atom. The Bertz CT molecular complexity index is 1540. The van der Waals surface area contributed by atoms with Crippen LogP contribution in [0.5, 0.6) is 0 Å². The maximum atomic E-state index is 12.1. The van der Waals surface area contributed by atoms with Crippen LogP contribution in [0.15, 0.2) is 70.5 Å². The summed E-state index contributed by atoms with van der Waals surface area (Å²) in [7, 11) is -7.28.